The Bertz CT molecular complexity index is 1000. The summed E-state index contributed by atoms with van der Waals surface area (Å²) in [5.41, 5.74) is 6.27. The van der Waals surface area contributed by atoms with Crippen LogP contribution in [0.2, 0.25) is 0 Å². The van der Waals surface area contributed by atoms with E-state index in [4.69, 9.17) is 0 Å². The van der Waals surface area contributed by atoms with Gasteiger partial charge in [-0.05, 0) is 34.9 Å². The van der Waals surface area contributed by atoms with Crippen LogP contribution in [0, 0.1) is 0 Å². The molecule has 27 heavy (non-hydrogen) atoms. The minimum Gasteiger partial charge on any atom is -0.326 e. The minimum absolute atomic E-state index is 0.256. The highest BCUT2D eigenvalue weighted by Gasteiger charge is 2.47. The minimum atomic E-state index is -0.256. The Morgan fingerprint density at radius 3 is 1.59 bits per heavy atom. The average molecular weight is 347 g/mol. The van der Waals surface area contributed by atoms with Gasteiger partial charge >= 0.3 is 0 Å². The quantitative estimate of drug-likeness (QED) is 0.419. The van der Waals surface area contributed by atoms with Gasteiger partial charge in [-0.2, -0.15) is 0 Å². The van der Waals surface area contributed by atoms with E-state index in [0.717, 1.165) is 6.42 Å². The Morgan fingerprint density at radius 1 is 0.519 bits per heavy atom. The van der Waals surface area contributed by atoms with Crippen LogP contribution in [0.4, 0.5) is 11.4 Å². The molecule has 1 aliphatic rings. The molecule has 4 aromatic rings. The summed E-state index contributed by atoms with van der Waals surface area (Å²) in [5.74, 6) is 0. The molecule has 0 fully saturated rings. The van der Waals surface area contributed by atoms with Crippen molar-refractivity contribution in [2.24, 2.45) is 0 Å². The van der Waals surface area contributed by atoms with Crippen LogP contribution in [-0.2, 0) is 12.0 Å². The van der Waals surface area contributed by atoms with E-state index < -0.39 is 0 Å². The standard InChI is InChI=1S/C26H21N/c1-4-13-22(14-5-1)26(23-15-6-2-7-16-23)20-21-12-10-11-19-25(21)27(26)24-17-8-3-9-18-24/h1-19H,20H2. The first-order valence-electron chi connectivity index (χ1n) is 9.44. The molecule has 5 rings (SSSR count). The maximum absolute atomic E-state index is 2.52. The molecular formula is C26H21N. The highest BCUT2D eigenvalue weighted by Crippen LogP contribution is 2.52. The molecular weight excluding hydrogens is 326 g/mol. The zero-order valence-corrected chi connectivity index (χ0v) is 15.1. The van der Waals surface area contributed by atoms with Gasteiger partial charge in [-0.15, -0.1) is 0 Å². The summed E-state index contributed by atoms with van der Waals surface area (Å²) in [5, 5.41) is 0. The number of rotatable bonds is 3. The van der Waals surface area contributed by atoms with E-state index in [0.29, 0.717) is 0 Å². The lowest BCUT2D eigenvalue weighted by Gasteiger charge is -2.41. The van der Waals surface area contributed by atoms with Crippen LogP contribution in [0.15, 0.2) is 115 Å². The first-order valence-corrected chi connectivity index (χ1v) is 9.44. The summed E-state index contributed by atoms with van der Waals surface area (Å²) in [6, 6.07) is 41.3. The summed E-state index contributed by atoms with van der Waals surface area (Å²) >= 11 is 0. The topological polar surface area (TPSA) is 3.24 Å². The number of hydrogen-bond acceptors (Lipinski definition) is 1. The predicted octanol–water partition coefficient (Wildman–Crippen LogP) is 6.32. The third-order valence-electron chi connectivity index (χ3n) is 5.58. The van der Waals surface area contributed by atoms with Crippen molar-refractivity contribution >= 4 is 11.4 Å². The number of fused-ring (bicyclic) bond motifs is 1. The lowest BCUT2D eigenvalue weighted by molar-refractivity contribution is 0.553. The second-order valence-electron chi connectivity index (χ2n) is 7.07. The molecule has 130 valence electrons. The Kier molecular flexibility index (Phi) is 3.79. The van der Waals surface area contributed by atoms with Crippen LogP contribution in [0.1, 0.15) is 16.7 Å². The first-order chi connectivity index (χ1) is 13.4. The van der Waals surface area contributed by atoms with E-state index in [2.05, 4.69) is 120 Å². The third kappa shape index (κ3) is 2.47. The summed E-state index contributed by atoms with van der Waals surface area (Å²) in [6.07, 6.45) is 0.950. The van der Waals surface area contributed by atoms with Crippen LogP contribution < -0.4 is 4.90 Å². The highest BCUT2D eigenvalue weighted by molar-refractivity contribution is 5.76. The van der Waals surface area contributed by atoms with E-state index >= 15 is 0 Å². The molecule has 0 aliphatic carbocycles. The largest absolute Gasteiger partial charge is 0.326 e. The molecule has 0 aromatic heterocycles. The van der Waals surface area contributed by atoms with Crippen molar-refractivity contribution in [3.8, 4) is 0 Å². The molecule has 4 aromatic carbocycles. The maximum Gasteiger partial charge on any atom is 0.0996 e. The van der Waals surface area contributed by atoms with E-state index in [1.165, 1.54) is 28.1 Å². The molecule has 0 saturated heterocycles. The number of para-hydroxylation sites is 2. The van der Waals surface area contributed by atoms with Crippen molar-refractivity contribution in [2.45, 2.75) is 12.0 Å². The molecule has 0 bridgehead atoms. The molecule has 1 heteroatoms. The Hall–Kier alpha value is -3.32. The summed E-state index contributed by atoms with van der Waals surface area (Å²) in [6.45, 7) is 0. The molecule has 0 spiro atoms. The summed E-state index contributed by atoms with van der Waals surface area (Å²) < 4.78 is 0. The first kappa shape index (κ1) is 15.9. The van der Waals surface area contributed by atoms with Gasteiger partial charge in [0.2, 0.25) is 0 Å². The highest BCUT2D eigenvalue weighted by atomic mass is 15.2. The SMILES string of the molecule is c1ccc(N2c3ccccc3CC2(c2ccccc2)c2ccccc2)cc1. The average Bonchev–Trinajstić information content (AvgIpc) is 3.12. The van der Waals surface area contributed by atoms with Gasteiger partial charge in [-0.25, -0.2) is 0 Å². The normalized spacial score (nSPS) is 14.7. The van der Waals surface area contributed by atoms with Crippen LogP contribution in [-0.4, -0.2) is 0 Å². The Balaban J connectivity index is 1.84. The fourth-order valence-corrected chi connectivity index (χ4v) is 4.43. The zero-order chi connectivity index (χ0) is 18.1. The van der Waals surface area contributed by atoms with Crippen LogP contribution >= 0.6 is 0 Å². The van der Waals surface area contributed by atoms with Gasteiger partial charge in [-0.3, -0.25) is 0 Å². The molecule has 1 aliphatic heterocycles. The van der Waals surface area contributed by atoms with Gasteiger partial charge < -0.3 is 4.90 Å². The van der Waals surface area contributed by atoms with Crippen molar-refractivity contribution < 1.29 is 0 Å². The molecule has 0 unspecified atom stereocenters. The fraction of sp³-hybridized carbons (Fsp3) is 0.0769. The van der Waals surface area contributed by atoms with Gasteiger partial charge in [-0.1, -0.05) is 97.1 Å². The van der Waals surface area contributed by atoms with E-state index in [1.54, 1.807) is 0 Å². The number of nitrogens with zero attached hydrogens (tertiary/aromatic N) is 1. The molecule has 0 amide bonds. The van der Waals surface area contributed by atoms with Gasteiger partial charge in [0.05, 0.1) is 5.54 Å². The van der Waals surface area contributed by atoms with Gasteiger partial charge in [0.1, 0.15) is 0 Å². The van der Waals surface area contributed by atoms with Crippen LogP contribution in [0.5, 0.6) is 0 Å². The van der Waals surface area contributed by atoms with Crippen LogP contribution in [0.3, 0.4) is 0 Å². The fourth-order valence-electron chi connectivity index (χ4n) is 4.43. The molecule has 0 atom stereocenters. The number of hydrogen-bond donors (Lipinski definition) is 0. The predicted molar refractivity (Wildman–Crippen MR) is 112 cm³/mol. The van der Waals surface area contributed by atoms with E-state index in [1.807, 2.05) is 0 Å². The second kappa shape index (κ2) is 6.44. The number of anilines is 2. The summed E-state index contributed by atoms with van der Waals surface area (Å²) in [4.78, 5) is 2.52. The second-order valence-corrected chi connectivity index (χ2v) is 7.07. The molecule has 1 nitrogen and oxygen atoms in total. The van der Waals surface area contributed by atoms with Crippen molar-refractivity contribution in [2.75, 3.05) is 4.90 Å². The molecule has 1 heterocycles. The van der Waals surface area contributed by atoms with Gasteiger partial charge in [0, 0.05) is 17.8 Å². The molecule has 0 saturated carbocycles. The lowest BCUT2D eigenvalue weighted by Crippen LogP contribution is -2.42. The Morgan fingerprint density at radius 2 is 1.00 bits per heavy atom. The van der Waals surface area contributed by atoms with Gasteiger partial charge in [0.15, 0.2) is 0 Å². The van der Waals surface area contributed by atoms with E-state index in [9.17, 15) is 0 Å². The lowest BCUT2D eigenvalue weighted by atomic mass is 9.79. The van der Waals surface area contributed by atoms with Crippen molar-refractivity contribution in [3.05, 3.63) is 132 Å². The smallest absolute Gasteiger partial charge is 0.0996 e. The molecule has 0 N–H and O–H groups in total. The Labute approximate surface area is 160 Å². The summed E-state index contributed by atoms with van der Waals surface area (Å²) in [7, 11) is 0. The van der Waals surface area contributed by atoms with Crippen molar-refractivity contribution in [1.29, 1.82) is 0 Å². The maximum atomic E-state index is 2.52. The molecule has 0 radical (unpaired) electrons. The van der Waals surface area contributed by atoms with E-state index in [-0.39, 0.29) is 5.54 Å². The van der Waals surface area contributed by atoms with Gasteiger partial charge in [0.25, 0.3) is 0 Å². The van der Waals surface area contributed by atoms with Crippen molar-refractivity contribution in [3.63, 3.8) is 0 Å². The van der Waals surface area contributed by atoms with Crippen molar-refractivity contribution in [1.82, 2.24) is 0 Å². The van der Waals surface area contributed by atoms with Crippen LogP contribution in [0.25, 0.3) is 0 Å². The third-order valence-corrected chi connectivity index (χ3v) is 5.58. The monoisotopic (exact) mass is 347 g/mol. The zero-order valence-electron chi connectivity index (χ0n) is 15.1. The number of benzene rings is 4.